The normalized spacial score (nSPS) is 12.4. The molecule has 0 saturated carbocycles. The number of hydrogen-bond acceptors (Lipinski definition) is 1. The highest BCUT2D eigenvalue weighted by Gasteiger charge is 2.19. The third kappa shape index (κ3) is 3.73. The maximum atomic E-state index is 14.0. The van der Waals surface area contributed by atoms with Crippen molar-refractivity contribution in [2.45, 2.75) is 19.4 Å². The molecule has 0 amide bonds. The van der Waals surface area contributed by atoms with Gasteiger partial charge in [0.15, 0.2) is 11.6 Å². The summed E-state index contributed by atoms with van der Waals surface area (Å²) in [5, 5.41) is 4.05. The van der Waals surface area contributed by atoms with Crippen LogP contribution in [0.3, 0.4) is 0 Å². The van der Waals surface area contributed by atoms with E-state index in [1.807, 2.05) is 13.0 Å². The van der Waals surface area contributed by atoms with Crippen LogP contribution in [-0.2, 0) is 6.42 Å². The number of benzene rings is 2. The van der Waals surface area contributed by atoms with E-state index in [0.717, 1.165) is 11.6 Å². The van der Waals surface area contributed by atoms with Crippen LogP contribution in [0.15, 0.2) is 36.4 Å². The molecular weight excluding hydrogens is 315 g/mol. The molecule has 1 N–H and O–H groups in total. The Labute approximate surface area is 132 Å². The molecule has 1 nitrogen and oxygen atoms in total. The molecule has 0 aliphatic rings. The van der Waals surface area contributed by atoms with E-state index in [-0.39, 0.29) is 11.6 Å². The second-order valence-corrected chi connectivity index (χ2v) is 5.46. The van der Waals surface area contributed by atoms with Gasteiger partial charge in [-0.15, -0.1) is 0 Å². The molecule has 0 saturated heterocycles. The average Bonchev–Trinajstić information content (AvgIpc) is 2.46. The topological polar surface area (TPSA) is 12.0 Å². The van der Waals surface area contributed by atoms with Gasteiger partial charge in [-0.25, -0.2) is 8.78 Å². The van der Waals surface area contributed by atoms with Crippen molar-refractivity contribution < 1.29 is 8.78 Å². The Morgan fingerprint density at radius 1 is 1.10 bits per heavy atom. The quantitative estimate of drug-likeness (QED) is 0.798. The van der Waals surface area contributed by atoms with Gasteiger partial charge in [0.25, 0.3) is 0 Å². The number of nitrogens with one attached hydrogen (secondary N) is 1. The zero-order valence-corrected chi connectivity index (χ0v) is 13.0. The molecular formula is C16H15Cl2F2N. The Hall–Kier alpha value is -1.16. The number of rotatable bonds is 5. The van der Waals surface area contributed by atoms with Crippen LogP contribution in [0, 0.1) is 11.6 Å². The summed E-state index contributed by atoms with van der Waals surface area (Å²) in [6.07, 6.45) is 0.424. The molecule has 5 heteroatoms. The van der Waals surface area contributed by atoms with Crippen LogP contribution in [0.4, 0.5) is 8.78 Å². The Bertz CT molecular complexity index is 632. The van der Waals surface area contributed by atoms with E-state index in [0.29, 0.717) is 23.0 Å². The van der Waals surface area contributed by atoms with Crippen molar-refractivity contribution in [2.24, 2.45) is 0 Å². The van der Waals surface area contributed by atoms with Crippen LogP contribution in [0.2, 0.25) is 10.0 Å². The molecule has 0 bridgehead atoms. The number of hydrogen-bond donors (Lipinski definition) is 1. The molecule has 0 aliphatic carbocycles. The van der Waals surface area contributed by atoms with Crippen molar-refractivity contribution in [1.29, 1.82) is 0 Å². The molecule has 2 aromatic carbocycles. The van der Waals surface area contributed by atoms with Crippen molar-refractivity contribution in [3.8, 4) is 0 Å². The minimum absolute atomic E-state index is 0.285. The fraction of sp³-hybridized carbons (Fsp3) is 0.250. The average molecular weight is 330 g/mol. The molecule has 0 aromatic heterocycles. The first-order valence-corrected chi connectivity index (χ1v) is 7.40. The zero-order valence-electron chi connectivity index (χ0n) is 11.5. The van der Waals surface area contributed by atoms with Gasteiger partial charge in [0, 0.05) is 11.6 Å². The van der Waals surface area contributed by atoms with Crippen LogP contribution in [-0.4, -0.2) is 6.54 Å². The van der Waals surface area contributed by atoms with Gasteiger partial charge in [-0.3, -0.25) is 0 Å². The van der Waals surface area contributed by atoms with Crippen molar-refractivity contribution in [3.05, 3.63) is 69.2 Å². The van der Waals surface area contributed by atoms with Gasteiger partial charge in [-0.2, -0.15) is 0 Å². The van der Waals surface area contributed by atoms with Crippen molar-refractivity contribution in [3.63, 3.8) is 0 Å². The summed E-state index contributed by atoms with van der Waals surface area (Å²) in [6, 6.07) is 9.11. The Morgan fingerprint density at radius 2 is 1.81 bits per heavy atom. The summed E-state index contributed by atoms with van der Waals surface area (Å²) in [4.78, 5) is 0. The maximum absolute atomic E-state index is 14.0. The molecule has 2 rings (SSSR count). The molecule has 0 radical (unpaired) electrons. The van der Waals surface area contributed by atoms with E-state index in [1.165, 1.54) is 6.07 Å². The highest BCUT2D eigenvalue weighted by Crippen LogP contribution is 2.30. The Morgan fingerprint density at radius 3 is 2.52 bits per heavy atom. The predicted octanol–water partition coefficient (Wildman–Crippen LogP) is 5.16. The van der Waals surface area contributed by atoms with Gasteiger partial charge in [0.2, 0.25) is 0 Å². The largest absolute Gasteiger partial charge is 0.310 e. The van der Waals surface area contributed by atoms with Crippen LogP contribution in [0.1, 0.15) is 24.1 Å². The molecule has 0 fully saturated rings. The number of likely N-dealkylation sites (N-methyl/N-ethyl adjacent to an activating group) is 1. The summed E-state index contributed by atoms with van der Waals surface area (Å²) in [7, 11) is 0. The van der Waals surface area contributed by atoms with E-state index in [9.17, 15) is 8.78 Å². The van der Waals surface area contributed by atoms with Crippen molar-refractivity contribution in [2.75, 3.05) is 6.54 Å². The smallest absolute Gasteiger partial charge is 0.163 e. The Balaban J connectivity index is 2.35. The SMILES string of the molecule is CCNC(Cc1cccc(Cl)c1Cl)c1cccc(F)c1F. The molecule has 0 spiro atoms. The second-order valence-electron chi connectivity index (χ2n) is 4.67. The molecule has 21 heavy (non-hydrogen) atoms. The third-order valence-electron chi connectivity index (χ3n) is 3.26. The Kier molecular flexibility index (Phi) is 5.57. The summed E-state index contributed by atoms with van der Waals surface area (Å²) >= 11 is 12.2. The van der Waals surface area contributed by atoms with Crippen LogP contribution < -0.4 is 5.32 Å². The third-order valence-corrected chi connectivity index (χ3v) is 4.12. The standard InChI is InChI=1S/C16H15Cl2F2N/c1-2-21-14(11-6-4-8-13(19)16(11)20)9-10-5-3-7-12(17)15(10)18/h3-8,14,21H,2,9H2,1H3. The first-order chi connectivity index (χ1) is 10.0. The molecule has 0 aliphatic heterocycles. The molecule has 112 valence electrons. The summed E-state index contributed by atoms with van der Waals surface area (Å²) < 4.78 is 27.4. The lowest BCUT2D eigenvalue weighted by molar-refractivity contribution is 0.464. The summed E-state index contributed by atoms with van der Waals surface area (Å²) in [5.41, 5.74) is 1.08. The lowest BCUT2D eigenvalue weighted by Crippen LogP contribution is -2.24. The number of halogens is 4. The van der Waals surface area contributed by atoms with Gasteiger partial charge in [-0.1, -0.05) is 54.4 Å². The van der Waals surface area contributed by atoms with Crippen LogP contribution >= 0.6 is 23.2 Å². The van der Waals surface area contributed by atoms with Crippen molar-refractivity contribution in [1.82, 2.24) is 5.32 Å². The van der Waals surface area contributed by atoms with Crippen LogP contribution in [0.25, 0.3) is 0 Å². The summed E-state index contributed by atoms with van der Waals surface area (Å²) in [6.45, 7) is 2.53. The first kappa shape index (κ1) is 16.2. The van der Waals surface area contributed by atoms with Crippen LogP contribution in [0.5, 0.6) is 0 Å². The van der Waals surface area contributed by atoms with E-state index < -0.39 is 11.6 Å². The van der Waals surface area contributed by atoms with Gasteiger partial charge in [0.1, 0.15) is 0 Å². The predicted molar refractivity (Wildman–Crippen MR) is 82.9 cm³/mol. The maximum Gasteiger partial charge on any atom is 0.163 e. The monoisotopic (exact) mass is 329 g/mol. The minimum Gasteiger partial charge on any atom is -0.310 e. The molecule has 2 aromatic rings. The van der Waals surface area contributed by atoms with E-state index in [4.69, 9.17) is 23.2 Å². The van der Waals surface area contributed by atoms with Crippen molar-refractivity contribution >= 4 is 23.2 Å². The highest BCUT2D eigenvalue weighted by atomic mass is 35.5. The van der Waals surface area contributed by atoms with Gasteiger partial charge >= 0.3 is 0 Å². The van der Waals surface area contributed by atoms with Gasteiger partial charge < -0.3 is 5.32 Å². The minimum atomic E-state index is -0.854. The van der Waals surface area contributed by atoms with E-state index >= 15 is 0 Å². The second kappa shape index (κ2) is 7.21. The lowest BCUT2D eigenvalue weighted by atomic mass is 9.98. The lowest BCUT2D eigenvalue weighted by Gasteiger charge is -2.20. The fourth-order valence-corrected chi connectivity index (χ4v) is 2.65. The van der Waals surface area contributed by atoms with Gasteiger partial charge in [-0.05, 0) is 30.7 Å². The highest BCUT2D eigenvalue weighted by molar-refractivity contribution is 6.42. The summed E-state index contributed by atoms with van der Waals surface area (Å²) in [5.74, 6) is -1.69. The first-order valence-electron chi connectivity index (χ1n) is 6.64. The van der Waals surface area contributed by atoms with E-state index in [2.05, 4.69) is 5.32 Å². The molecule has 1 unspecified atom stereocenters. The molecule has 0 heterocycles. The molecule has 1 atom stereocenters. The van der Waals surface area contributed by atoms with Gasteiger partial charge in [0.05, 0.1) is 10.0 Å². The fourth-order valence-electron chi connectivity index (χ4n) is 2.25. The zero-order chi connectivity index (χ0) is 15.4. The van der Waals surface area contributed by atoms with E-state index in [1.54, 1.807) is 18.2 Å².